The number of aromatic hydroxyl groups is 1. The van der Waals surface area contributed by atoms with Crippen molar-refractivity contribution in [1.82, 2.24) is 5.32 Å². The van der Waals surface area contributed by atoms with E-state index in [-0.39, 0.29) is 17.6 Å². The second-order valence-corrected chi connectivity index (χ2v) is 7.18. The number of nitrogens with zero attached hydrogens (tertiary/aromatic N) is 1. The molecule has 1 fully saturated rings. The van der Waals surface area contributed by atoms with Crippen molar-refractivity contribution in [2.45, 2.75) is 26.3 Å². The van der Waals surface area contributed by atoms with Gasteiger partial charge in [0.1, 0.15) is 11.8 Å². The normalized spacial score (nSPS) is 16.4. The number of carbonyl (C=O) groups is 2. The summed E-state index contributed by atoms with van der Waals surface area (Å²) in [6.45, 7) is 7.49. The van der Waals surface area contributed by atoms with E-state index in [1.165, 1.54) is 12.0 Å². The maximum absolute atomic E-state index is 12.3. The molecule has 0 bridgehead atoms. The van der Waals surface area contributed by atoms with E-state index < -0.39 is 12.0 Å². The molecule has 0 saturated carbocycles. The predicted octanol–water partition coefficient (Wildman–Crippen LogP) is -0.199. The Balaban J connectivity index is 1.83. The van der Waals surface area contributed by atoms with Crippen molar-refractivity contribution in [1.29, 1.82) is 0 Å². The molecule has 1 heterocycles. The fourth-order valence-electron chi connectivity index (χ4n) is 3.27. The lowest BCUT2D eigenvalue weighted by Gasteiger charge is -2.33. The number of esters is 1. The van der Waals surface area contributed by atoms with Crippen molar-refractivity contribution in [2.24, 2.45) is 5.92 Å². The average Bonchev–Trinajstić information content (AvgIpc) is 2.61. The molecule has 1 aromatic rings. The molecule has 1 aliphatic rings. The van der Waals surface area contributed by atoms with Crippen LogP contribution in [-0.4, -0.2) is 62.9 Å². The fourth-order valence-corrected chi connectivity index (χ4v) is 3.27. The summed E-state index contributed by atoms with van der Waals surface area (Å²) in [5, 5.41) is 12.8. The van der Waals surface area contributed by atoms with E-state index in [0.717, 1.165) is 31.9 Å². The summed E-state index contributed by atoms with van der Waals surface area (Å²) in [5.41, 5.74) is 0.832. The minimum Gasteiger partial charge on any atom is -0.506 e. The quantitative estimate of drug-likeness (QED) is 0.584. The molecule has 1 amide bonds. The third-order valence-electron chi connectivity index (χ3n) is 4.63. The Morgan fingerprint density at radius 3 is 2.50 bits per heavy atom. The van der Waals surface area contributed by atoms with Crippen molar-refractivity contribution in [3.05, 3.63) is 24.3 Å². The molecule has 7 nitrogen and oxygen atoms in total. The van der Waals surface area contributed by atoms with Crippen molar-refractivity contribution in [3.63, 3.8) is 0 Å². The average molecular weight is 364 g/mol. The molecule has 0 radical (unpaired) electrons. The summed E-state index contributed by atoms with van der Waals surface area (Å²) < 4.78 is 4.79. The molecular formula is C19H30N3O4+. The number of hydrogen-bond donors (Lipinski definition) is 3. The van der Waals surface area contributed by atoms with Crippen molar-refractivity contribution in [3.8, 4) is 5.75 Å². The van der Waals surface area contributed by atoms with Gasteiger partial charge in [0, 0.05) is 0 Å². The summed E-state index contributed by atoms with van der Waals surface area (Å²) in [6.07, 6.45) is 0.564. The van der Waals surface area contributed by atoms with Gasteiger partial charge in [0.2, 0.25) is 0 Å². The van der Waals surface area contributed by atoms with Crippen LogP contribution in [0.1, 0.15) is 20.3 Å². The van der Waals surface area contributed by atoms with Crippen LogP contribution in [0.4, 0.5) is 5.69 Å². The summed E-state index contributed by atoms with van der Waals surface area (Å²) in [4.78, 5) is 27.5. The van der Waals surface area contributed by atoms with Gasteiger partial charge in [-0.1, -0.05) is 26.0 Å². The van der Waals surface area contributed by atoms with Crippen LogP contribution < -0.4 is 15.1 Å². The highest BCUT2D eigenvalue weighted by Gasteiger charge is 2.27. The lowest BCUT2D eigenvalue weighted by molar-refractivity contribution is -0.892. The lowest BCUT2D eigenvalue weighted by Crippen LogP contribution is -3.16. The summed E-state index contributed by atoms with van der Waals surface area (Å²) in [7, 11) is 1.34. The topological polar surface area (TPSA) is 83.3 Å². The zero-order valence-electron chi connectivity index (χ0n) is 15.8. The number of phenolic OH excluding ortho intramolecular Hbond substituents is 1. The highest BCUT2D eigenvalue weighted by molar-refractivity contribution is 5.84. The number of hydrogen-bond acceptors (Lipinski definition) is 5. The van der Waals surface area contributed by atoms with Crippen molar-refractivity contribution < 1.29 is 24.3 Å². The largest absolute Gasteiger partial charge is 0.506 e. The summed E-state index contributed by atoms with van der Waals surface area (Å²) >= 11 is 0. The van der Waals surface area contributed by atoms with Crippen LogP contribution >= 0.6 is 0 Å². The standard InChI is InChI=1S/C19H29N3O4/c1-14(2)12-15(19(25)26-3)20-18(24)13-21-8-10-22(11-9-21)16-6-4-5-7-17(16)23/h4-7,14-15,23H,8-13H2,1-3H3,(H,20,24)/p+1/t15-/m1/s1. The van der Waals surface area contributed by atoms with Gasteiger partial charge >= 0.3 is 5.97 Å². The van der Waals surface area contributed by atoms with Gasteiger partial charge in [-0.25, -0.2) is 4.79 Å². The predicted molar refractivity (Wildman–Crippen MR) is 99.3 cm³/mol. The van der Waals surface area contributed by atoms with Gasteiger partial charge in [-0.15, -0.1) is 0 Å². The van der Waals surface area contributed by atoms with Crippen LogP contribution in [0.2, 0.25) is 0 Å². The van der Waals surface area contributed by atoms with E-state index in [2.05, 4.69) is 10.2 Å². The number of para-hydroxylation sites is 2. The number of ether oxygens (including phenoxy) is 1. The zero-order chi connectivity index (χ0) is 19.1. The Morgan fingerprint density at radius 2 is 1.92 bits per heavy atom. The van der Waals surface area contributed by atoms with Crippen LogP contribution in [0.5, 0.6) is 5.75 Å². The van der Waals surface area contributed by atoms with Gasteiger partial charge in [0.15, 0.2) is 6.54 Å². The molecule has 0 aliphatic carbocycles. The SMILES string of the molecule is COC(=O)[C@@H](CC(C)C)NC(=O)C[NH+]1CCN(c2ccccc2O)CC1. The molecule has 0 spiro atoms. The van der Waals surface area contributed by atoms with Gasteiger partial charge in [-0.2, -0.15) is 0 Å². The molecule has 144 valence electrons. The number of benzene rings is 1. The van der Waals surface area contributed by atoms with Gasteiger partial charge in [-0.05, 0) is 24.5 Å². The van der Waals surface area contributed by atoms with E-state index in [4.69, 9.17) is 4.74 Å². The second kappa shape index (κ2) is 9.43. The minimum atomic E-state index is -0.588. The highest BCUT2D eigenvalue weighted by atomic mass is 16.5. The Bertz CT molecular complexity index is 613. The first-order valence-corrected chi connectivity index (χ1v) is 9.14. The maximum atomic E-state index is 12.3. The molecule has 1 aromatic carbocycles. The number of rotatable bonds is 7. The molecule has 1 saturated heterocycles. The number of nitrogens with one attached hydrogen (secondary N) is 2. The highest BCUT2D eigenvalue weighted by Crippen LogP contribution is 2.25. The van der Waals surface area contributed by atoms with Gasteiger partial charge in [0.25, 0.3) is 5.91 Å². The third-order valence-corrected chi connectivity index (χ3v) is 4.63. The van der Waals surface area contributed by atoms with Crippen LogP contribution in [0.15, 0.2) is 24.3 Å². The minimum absolute atomic E-state index is 0.132. The molecule has 0 aromatic heterocycles. The van der Waals surface area contributed by atoms with E-state index >= 15 is 0 Å². The Labute approximate surface area is 154 Å². The van der Waals surface area contributed by atoms with Gasteiger partial charge in [-0.3, -0.25) is 4.79 Å². The monoisotopic (exact) mass is 364 g/mol. The summed E-state index contributed by atoms with van der Waals surface area (Å²) in [6, 6.07) is 6.71. The fraction of sp³-hybridized carbons (Fsp3) is 0.579. The van der Waals surface area contributed by atoms with Crippen LogP contribution in [0, 0.1) is 5.92 Å². The van der Waals surface area contributed by atoms with E-state index in [1.54, 1.807) is 12.1 Å². The summed E-state index contributed by atoms with van der Waals surface area (Å²) in [5.74, 6) is 0.0376. The van der Waals surface area contributed by atoms with Crippen molar-refractivity contribution >= 4 is 17.6 Å². The molecule has 1 atom stereocenters. The molecule has 7 heteroatoms. The number of amides is 1. The van der Waals surface area contributed by atoms with Crippen LogP contribution in [0.3, 0.4) is 0 Å². The van der Waals surface area contributed by atoms with E-state index in [0.29, 0.717) is 13.0 Å². The molecular weight excluding hydrogens is 334 g/mol. The molecule has 26 heavy (non-hydrogen) atoms. The number of quaternary nitrogens is 1. The number of carbonyl (C=O) groups excluding carboxylic acids is 2. The van der Waals surface area contributed by atoms with E-state index in [9.17, 15) is 14.7 Å². The lowest BCUT2D eigenvalue weighted by atomic mass is 10.0. The first kappa shape index (κ1) is 20.0. The number of anilines is 1. The van der Waals surface area contributed by atoms with Crippen LogP contribution in [0.25, 0.3) is 0 Å². The second-order valence-electron chi connectivity index (χ2n) is 7.18. The zero-order valence-corrected chi connectivity index (χ0v) is 15.8. The third kappa shape index (κ3) is 5.62. The van der Waals surface area contributed by atoms with E-state index in [1.807, 2.05) is 26.0 Å². The Hall–Kier alpha value is -2.28. The van der Waals surface area contributed by atoms with Gasteiger partial charge in [0.05, 0.1) is 39.0 Å². The smallest absolute Gasteiger partial charge is 0.328 e. The Kier molecular flexibility index (Phi) is 7.26. The van der Waals surface area contributed by atoms with Crippen molar-refractivity contribution in [2.75, 3.05) is 44.7 Å². The molecule has 2 rings (SSSR count). The molecule has 1 aliphatic heterocycles. The number of piperazine rings is 1. The first-order chi connectivity index (χ1) is 12.4. The maximum Gasteiger partial charge on any atom is 0.328 e. The first-order valence-electron chi connectivity index (χ1n) is 9.14. The number of phenols is 1. The molecule has 3 N–H and O–H groups in total. The van der Waals surface area contributed by atoms with Crippen LogP contribution in [-0.2, 0) is 14.3 Å². The Morgan fingerprint density at radius 1 is 1.27 bits per heavy atom. The molecule has 0 unspecified atom stereocenters. The van der Waals surface area contributed by atoms with Gasteiger partial charge < -0.3 is 25.0 Å². The number of methoxy groups -OCH3 is 1.